The number of carbonyl (C=O) groups excluding carboxylic acids is 1. The van der Waals surface area contributed by atoms with Crippen LogP contribution in [0.4, 0.5) is 0 Å². The van der Waals surface area contributed by atoms with E-state index in [1.54, 1.807) is 18.6 Å². The number of hydrogen-bond acceptors (Lipinski definition) is 5. The quantitative estimate of drug-likeness (QED) is 0.783. The van der Waals surface area contributed by atoms with Crippen LogP contribution in [0.3, 0.4) is 0 Å². The second kappa shape index (κ2) is 4.95. The van der Waals surface area contributed by atoms with Gasteiger partial charge in [0.15, 0.2) is 11.5 Å². The van der Waals surface area contributed by atoms with E-state index in [9.17, 15) is 4.79 Å². The molecule has 0 saturated heterocycles. The van der Waals surface area contributed by atoms with Gasteiger partial charge in [-0.15, -0.1) is 10.2 Å². The molecule has 1 saturated carbocycles. The molecule has 0 N–H and O–H groups in total. The van der Waals surface area contributed by atoms with Crippen LogP contribution in [0.15, 0.2) is 18.6 Å². The van der Waals surface area contributed by atoms with Crippen molar-refractivity contribution in [3.05, 3.63) is 24.4 Å². The van der Waals surface area contributed by atoms with Crippen LogP contribution < -0.4 is 0 Å². The lowest BCUT2D eigenvalue weighted by molar-refractivity contribution is -0.144. The summed E-state index contributed by atoms with van der Waals surface area (Å²) in [5.74, 6) is 0.409. The molecular formula is C13H16N4O2. The zero-order chi connectivity index (χ0) is 13.2. The maximum atomic E-state index is 12.1. The molecule has 0 amide bonds. The number of ether oxygens (including phenoxy) is 1. The van der Waals surface area contributed by atoms with Crippen LogP contribution in [0.2, 0.25) is 0 Å². The summed E-state index contributed by atoms with van der Waals surface area (Å²) in [4.78, 5) is 16.1. The Balaban J connectivity index is 2.05. The average Bonchev–Trinajstić information content (AvgIpc) is 3.09. The summed E-state index contributed by atoms with van der Waals surface area (Å²) in [7, 11) is 1.43. The highest BCUT2D eigenvalue weighted by Gasteiger charge is 2.36. The Morgan fingerprint density at radius 2 is 2.21 bits per heavy atom. The first-order valence-electron chi connectivity index (χ1n) is 6.53. The smallest absolute Gasteiger partial charge is 0.316 e. The number of carbonyl (C=O) groups is 1. The van der Waals surface area contributed by atoms with Crippen molar-refractivity contribution in [3.63, 3.8) is 0 Å². The van der Waals surface area contributed by atoms with Gasteiger partial charge < -0.3 is 4.74 Å². The van der Waals surface area contributed by atoms with Gasteiger partial charge in [0.05, 0.1) is 13.3 Å². The SMILES string of the molecule is COC(=O)C(c1nnc2cnccn12)C1CCCC1. The van der Waals surface area contributed by atoms with E-state index in [0.29, 0.717) is 17.4 Å². The van der Waals surface area contributed by atoms with Crippen molar-refractivity contribution in [1.29, 1.82) is 0 Å². The largest absolute Gasteiger partial charge is 0.468 e. The molecule has 6 nitrogen and oxygen atoms in total. The lowest BCUT2D eigenvalue weighted by atomic mass is 9.90. The van der Waals surface area contributed by atoms with E-state index in [4.69, 9.17) is 4.74 Å². The fraction of sp³-hybridized carbons (Fsp3) is 0.538. The third kappa shape index (κ3) is 2.07. The Morgan fingerprint density at radius 1 is 1.42 bits per heavy atom. The summed E-state index contributed by atoms with van der Waals surface area (Å²) in [5.41, 5.74) is 0.657. The Bertz CT molecular complexity index is 589. The summed E-state index contributed by atoms with van der Waals surface area (Å²) >= 11 is 0. The van der Waals surface area contributed by atoms with Crippen LogP contribution in [-0.4, -0.2) is 32.7 Å². The molecule has 0 aromatic carbocycles. The summed E-state index contributed by atoms with van der Waals surface area (Å²) < 4.78 is 6.79. The molecule has 1 atom stereocenters. The number of aromatic nitrogens is 4. The number of nitrogens with zero attached hydrogens (tertiary/aromatic N) is 4. The van der Waals surface area contributed by atoms with Crippen molar-refractivity contribution in [2.75, 3.05) is 7.11 Å². The first-order valence-corrected chi connectivity index (χ1v) is 6.53. The zero-order valence-corrected chi connectivity index (χ0v) is 10.8. The number of esters is 1. The van der Waals surface area contributed by atoms with E-state index in [1.165, 1.54) is 7.11 Å². The average molecular weight is 260 g/mol. The van der Waals surface area contributed by atoms with Crippen LogP contribution in [0.1, 0.15) is 37.4 Å². The Hall–Kier alpha value is -1.98. The fourth-order valence-electron chi connectivity index (χ4n) is 2.91. The molecule has 2 aromatic heterocycles. The van der Waals surface area contributed by atoms with Gasteiger partial charge in [-0.1, -0.05) is 12.8 Å². The van der Waals surface area contributed by atoms with Crippen molar-refractivity contribution >= 4 is 11.6 Å². The van der Waals surface area contributed by atoms with Crippen LogP contribution >= 0.6 is 0 Å². The molecule has 0 radical (unpaired) electrons. The molecule has 19 heavy (non-hydrogen) atoms. The molecule has 6 heteroatoms. The maximum absolute atomic E-state index is 12.1. The van der Waals surface area contributed by atoms with Crippen LogP contribution in [0.5, 0.6) is 0 Å². The predicted octanol–water partition coefficient (Wildman–Crippen LogP) is 1.57. The molecular weight excluding hydrogens is 244 g/mol. The summed E-state index contributed by atoms with van der Waals surface area (Å²) in [5, 5.41) is 8.25. The Labute approximate surface area is 110 Å². The van der Waals surface area contributed by atoms with Crippen molar-refractivity contribution < 1.29 is 9.53 Å². The number of rotatable bonds is 3. The highest BCUT2D eigenvalue weighted by molar-refractivity contribution is 5.77. The van der Waals surface area contributed by atoms with Gasteiger partial charge in [0.25, 0.3) is 0 Å². The van der Waals surface area contributed by atoms with Gasteiger partial charge in [0.1, 0.15) is 5.92 Å². The number of fused-ring (bicyclic) bond motifs is 1. The van der Waals surface area contributed by atoms with Gasteiger partial charge in [0, 0.05) is 12.4 Å². The van der Waals surface area contributed by atoms with Crippen LogP contribution in [0.25, 0.3) is 5.65 Å². The summed E-state index contributed by atoms with van der Waals surface area (Å²) in [6.45, 7) is 0. The molecule has 2 heterocycles. The molecule has 1 fully saturated rings. The van der Waals surface area contributed by atoms with E-state index in [-0.39, 0.29) is 11.9 Å². The second-order valence-corrected chi connectivity index (χ2v) is 4.91. The minimum absolute atomic E-state index is 0.224. The first-order chi connectivity index (χ1) is 9.31. The molecule has 0 bridgehead atoms. The zero-order valence-electron chi connectivity index (χ0n) is 10.8. The minimum Gasteiger partial charge on any atom is -0.468 e. The normalized spacial score (nSPS) is 17.7. The van der Waals surface area contributed by atoms with Crippen molar-refractivity contribution in [2.24, 2.45) is 5.92 Å². The van der Waals surface area contributed by atoms with Crippen LogP contribution in [-0.2, 0) is 9.53 Å². The first kappa shape index (κ1) is 12.1. The Kier molecular flexibility index (Phi) is 3.15. The third-order valence-electron chi connectivity index (χ3n) is 3.84. The lowest BCUT2D eigenvalue weighted by Crippen LogP contribution is -2.23. The van der Waals surface area contributed by atoms with Gasteiger partial charge in [-0.2, -0.15) is 0 Å². The van der Waals surface area contributed by atoms with Crippen LogP contribution in [0, 0.1) is 5.92 Å². The van der Waals surface area contributed by atoms with E-state index in [2.05, 4.69) is 15.2 Å². The molecule has 1 aliphatic carbocycles. The standard InChI is InChI=1S/C13H16N4O2/c1-19-13(18)11(9-4-2-3-5-9)12-16-15-10-8-14-6-7-17(10)12/h6-9,11H,2-5H2,1H3. The van der Waals surface area contributed by atoms with E-state index < -0.39 is 0 Å². The van der Waals surface area contributed by atoms with Gasteiger partial charge in [-0.25, -0.2) is 0 Å². The topological polar surface area (TPSA) is 69.4 Å². The van der Waals surface area contributed by atoms with Crippen molar-refractivity contribution in [3.8, 4) is 0 Å². The summed E-state index contributed by atoms with van der Waals surface area (Å²) in [6.07, 6.45) is 9.50. The second-order valence-electron chi connectivity index (χ2n) is 4.91. The monoisotopic (exact) mass is 260 g/mol. The lowest BCUT2D eigenvalue weighted by Gasteiger charge is -2.19. The highest BCUT2D eigenvalue weighted by atomic mass is 16.5. The third-order valence-corrected chi connectivity index (χ3v) is 3.84. The van der Waals surface area contributed by atoms with Gasteiger partial charge in [-0.3, -0.25) is 14.2 Å². The minimum atomic E-state index is -0.329. The van der Waals surface area contributed by atoms with E-state index in [0.717, 1.165) is 25.7 Å². The van der Waals surface area contributed by atoms with Crippen molar-refractivity contribution in [2.45, 2.75) is 31.6 Å². The molecule has 1 aliphatic rings. The molecule has 0 aliphatic heterocycles. The maximum Gasteiger partial charge on any atom is 0.316 e. The van der Waals surface area contributed by atoms with E-state index in [1.807, 2.05) is 4.40 Å². The predicted molar refractivity (Wildman–Crippen MR) is 67.5 cm³/mol. The number of methoxy groups -OCH3 is 1. The van der Waals surface area contributed by atoms with Gasteiger partial charge in [0.2, 0.25) is 0 Å². The van der Waals surface area contributed by atoms with Crippen molar-refractivity contribution in [1.82, 2.24) is 19.6 Å². The molecule has 1 unspecified atom stereocenters. The highest BCUT2D eigenvalue weighted by Crippen LogP contribution is 2.37. The molecule has 100 valence electrons. The summed E-state index contributed by atoms with van der Waals surface area (Å²) in [6, 6.07) is 0. The molecule has 0 spiro atoms. The molecule has 3 rings (SSSR count). The van der Waals surface area contributed by atoms with Gasteiger partial charge >= 0.3 is 5.97 Å². The van der Waals surface area contributed by atoms with Gasteiger partial charge in [-0.05, 0) is 18.8 Å². The molecule has 2 aromatic rings. The number of hydrogen-bond donors (Lipinski definition) is 0. The Morgan fingerprint density at radius 3 is 2.95 bits per heavy atom. The fourth-order valence-corrected chi connectivity index (χ4v) is 2.91. The van der Waals surface area contributed by atoms with E-state index >= 15 is 0 Å².